The molecule has 1 heterocycles. The molecule has 0 unspecified atom stereocenters. The Labute approximate surface area is 115 Å². The van der Waals surface area contributed by atoms with Crippen LogP contribution in [0.4, 0.5) is 4.79 Å². The lowest BCUT2D eigenvalue weighted by atomic mass is 10.2. The average molecular weight is 270 g/mol. The molecule has 1 aliphatic heterocycles. The molecule has 1 rings (SSSR count). The van der Waals surface area contributed by atoms with Crippen LogP contribution in [0.15, 0.2) is 0 Å². The minimum absolute atomic E-state index is 0.226. The van der Waals surface area contributed by atoms with Gasteiger partial charge in [0, 0.05) is 32.6 Å². The van der Waals surface area contributed by atoms with Crippen LogP contribution in [0, 0.1) is 0 Å². The lowest BCUT2D eigenvalue weighted by Gasteiger charge is -2.35. The van der Waals surface area contributed by atoms with Crippen molar-refractivity contribution in [2.75, 3.05) is 32.7 Å². The second-order valence-corrected chi connectivity index (χ2v) is 6.11. The van der Waals surface area contributed by atoms with E-state index in [1.54, 1.807) is 11.8 Å². The Hall–Kier alpha value is -1.10. The van der Waals surface area contributed by atoms with E-state index in [0.717, 1.165) is 26.1 Å². The number of amides is 1. The number of carbonyl (C=O) groups excluding carboxylic acids is 2. The quantitative estimate of drug-likeness (QED) is 0.783. The summed E-state index contributed by atoms with van der Waals surface area (Å²) < 4.78 is 5.35. The van der Waals surface area contributed by atoms with Crippen LogP contribution in [-0.4, -0.2) is 60.0 Å². The van der Waals surface area contributed by atoms with Gasteiger partial charge < -0.3 is 14.4 Å². The van der Waals surface area contributed by atoms with Gasteiger partial charge in [0.1, 0.15) is 11.4 Å². The molecule has 0 aromatic carbocycles. The van der Waals surface area contributed by atoms with E-state index in [1.807, 2.05) is 20.8 Å². The van der Waals surface area contributed by atoms with Crippen molar-refractivity contribution >= 4 is 11.9 Å². The van der Waals surface area contributed by atoms with Crippen LogP contribution >= 0.6 is 0 Å². The third-order valence-corrected chi connectivity index (χ3v) is 3.03. The molecular formula is C14H26N2O3. The maximum atomic E-state index is 11.9. The lowest BCUT2D eigenvalue weighted by molar-refractivity contribution is -0.117. The molecule has 0 saturated carbocycles. The summed E-state index contributed by atoms with van der Waals surface area (Å²) in [5, 5.41) is 0. The third-order valence-electron chi connectivity index (χ3n) is 3.03. The summed E-state index contributed by atoms with van der Waals surface area (Å²) in [6.07, 6.45) is 1.32. The highest BCUT2D eigenvalue weighted by Crippen LogP contribution is 2.12. The molecule has 1 fully saturated rings. The molecule has 0 spiro atoms. The monoisotopic (exact) mass is 270 g/mol. The van der Waals surface area contributed by atoms with Crippen LogP contribution in [0.2, 0.25) is 0 Å². The molecule has 0 N–H and O–H groups in total. The van der Waals surface area contributed by atoms with Crippen molar-refractivity contribution in [1.82, 2.24) is 9.80 Å². The summed E-state index contributed by atoms with van der Waals surface area (Å²) in [6.45, 7) is 11.3. The van der Waals surface area contributed by atoms with Crippen LogP contribution in [0.1, 0.15) is 40.5 Å². The van der Waals surface area contributed by atoms with Gasteiger partial charge in [0.25, 0.3) is 0 Å². The van der Waals surface area contributed by atoms with Gasteiger partial charge in [-0.25, -0.2) is 4.79 Å². The van der Waals surface area contributed by atoms with E-state index in [9.17, 15) is 9.59 Å². The first-order valence-corrected chi connectivity index (χ1v) is 6.97. The van der Waals surface area contributed by atoms with Crippen molar-refractivity contribution < 1.29 is 14.3 Å². The van der Waals surface area contributed by atoms with Crippen molar-refractivity contribution in [3.63, 3.8) is 0 Å². The number of nitrogens with zero attached hydrogens (tertiary/aromatic N) is 2. The summed E-state index contributed by atoms with van der Waals surface area (Å²) in [7, 11) is 0. The maximum absolute atomic E-state index is 11.9. The van der Waals surface area contributed by atoms with Gasteiger partial charge in [-0.3, -0.25) is 4.90 Å². The molecule has 110 valence electrons. The van der Waals surface area contributed by atoms with E-state index >= 15 is 0 Å². The molecule has 19 heavy (non-hydrogen) atoms. The van der Waals surface area contributed by atoms with Crippen molar-refractivity contribution in [2.24, 2.45) is 0 Å². The van der Waals surface area contributed by atoms with Gasteiger partial charge in [0.15, 0.2) is 0 Å². The van der Waals surface area contributed by atoms with Crippen LogP contribution < -0.4 is 0 Å². The Morgan fingerprint density at radius 2 is 1.68 bits per heavy atom. The number of carbonyl (C=O) groups is 2. The van der Waals surface area contributed by atoms with Crippen molar-refractivity contribution in [3.8, 4) is 0 Å². The van der Waals surface area contributed by atoms with Gasteiger partial charge >= 0.3 is 6.09 Å². The second-order valence-electron chi connectivity index (χ2n) is 6.11. The summed E-state index contributed by atoms with van der Waals surface area (Å²) >= 11 is 0. The summed E-state index contributed by atoms with van der Waals surface area (Å²) in [5.74, 6) is 0.243. The molecule has 0 bridgehead atoms. The average Bonchev–Trinajstić information content (AvgIpc) is 2.27. The topological polar surface area (TPSA) is 49.9 Å². The zero-order valence-electron chi connectivity index (χ0n) is 12.6. The normalized spacial score (nSPS) is 17.4. The van der Waals surface area contributed by atoms with E-state index in [2.05, 4.69) is 4.90 Å². The van der Waals surface area contributed by atoms with Gasteiger partial charge in [0.2, 0.25) is 0 Å². The van der Waals surface area contributed by atoms with Crippen molar-refractivity contribution in [2.45, 2.75) is 46.1 Å². The molecule has 1 saturated heterocycles. The molecule has 5 nitrogen and oxygen atoms in total. The van der Waals surface area contributed by atoms with Gasteiger partial charge in [-0.05, 0) is 40.7 Å². The van der Waals surface area contributed by atoms with E-state index < -0.39 is 5.60 Å². The molecule has 1 amide bonds. The first-order chi connectivity index (χ1) is 8.78. The molecule has 0 aromatic heterocycles. The molecule has 5 heteroatoms. The van der Waals surface area contributed by atoms with Crippen LogP contribution in [0.3, 0.4) is 0 Å². The standard InChI is InChI=1S/C14H26N2O3/c1-12(17)6-5-7-15-8-10-16(11-9-15)13(18)19-14(2,3)4/h5-11H2,1-4H3. The van der Waals surface area contributed by atoms with Gasteiger partial charge in [-0.15, -0.1) is 0 Å². The second kappa shape index (κ2) is 6.89. The fraction of sp³-hybridized carbons (Fsp3) is 0.857. The molecule has 0 aliphatic carbocycles. The fourth-order valence-electron chi connectivity index (χ4n) is 2.03. The number of hydrogen-bond donors (Lipinski definition) is 0. The summed E-state index contributed by atoms with van der Waals surface area (Å²) in [5.41, 5.74) is -0.435. The molecule has 0 radical (unpaired) electrons. The van der Waals surface area contributed by atoms with Gasteiger partial charge in [0.05, 0.1) is 0 Å². The fourth-order valence-corrected chi connectivity index (χ4v) is 2.03. The summed E-state index contributed by atoms with van der Waals surface area (Å²) in [4.78, 5) is 26.8. The minimum Gasteiger partial charge on any atom is -0.444 e. The Morgan fingerprint density at radius 1 is 1.11 bits per heavy atom. The Kier molecular flexibility index (Phi) is 5.79. The van der Waals surface area contributed by atoms with E-state index in [4.69, 9.17) is 4.74 Å². The largest absolute Gasteiger partial charge is 0.444 e. The third kappa shape index (κ3) is 6.57. The zero-order valence-corrected chi connectivity index (χ0v) is 12.6. The zero-order chi connectivity index (χ0) is 14.5. The van der Waals surface area contributed by atoms with E-state index in [0.29, 0.717) is 19.5 Å². The van der Waals surface area contributed by atoms with Crippen LogP contribution in [-0.2, 0) is 9.53 Å². The lowest BCUT2D eigenvalue weighted by Crippen LogP contribution is -2.50. The Balaban J connectivity index is 2.25. The number of ketones is 1. The Morgan fingerprint density at radius 3 is 2.16 bits per heavy atom. The van der Waals surface area contributed by atoms with Crippen molar-refractivity contribution in [3.05, 3.63) is 0 Å². The van der Waals surface area contributed by atoms with Gasteiger partial charge in [-0.1, -0.05) is 0 Å². The van der Waals surface area contributed by atoms with E-state index in [-0.39, 0.29) is 11.9 Å². The maximum Gasteiger partial charge on any atom is 0.410 e. The number of piperazine rings is 1. The number of Topliss-reactive ketones (excluding diaryl/α,β-unsaturated/α-hetero) is 1. The number of rotatable bonds is 4. The summed E-state index contributed by atoms with van der Waals surface area (Å²) in [6, 6.07) is 0. The first-order valence-electron chi connectivity index (χ1n) is 6.97. The van der Waals surface area contributed by atoms with Crippen LogP contribution in [0.25, 0.3) is 0 Å². The predicted molar refractivity (Wildman–Crippen MR) is 74.2 cm³/mol. The molecule has 0 aromatic rings. The molecule has 0 atom stereocenters. The first kappa shape index (κ1) is 16.0. The number of ether oxygens (including phenoxy) is 1. The highest BCUT2D eigenvalue weighted by molar-refractivity contribution is 5.75. The predicted octanol–water partition coefficient (Wildman–Crippen LogP) is 1.91. The SMILES string of the molecule is CC(=O)CCCN1CCN(C(=O)OC(C)(C)C)CC1. The van der Waals surface area contributed by atoms with Gasteiger partial charge in [-0.2, -0.15) is 0 Å². The van der Waals surface area contributed by atoms with E-state index in [1.165, 1.54) is 0 Å². The molecular weight excluding hydrogens is 244 g/mol. The minimum atomic E-state index is -0.435. The number of hydrogen-bond acceptors (Lipinski definition) is 4. The van der Waals surface area contributed by atoms with Crippen LogP contribution in [0.5, 0.6) is 0 Å². The van der Waals surface area contributed by atoms with Crippen molar-refractivity contribution in [1.29, 1.82) is 0 Å². The molecule has 1 aliphatic rings. The Bertz CT molecular complexity index is 315. The highest BCUT2D eigenvalue weighted by Gasteiger charge is 2.25. The smallest absolute Gasteiger partial charge is 0.410 e. The highest BCUT2D eigenvalue weighted by atomic mass is 16.6.